The van der Waals surface area contributed by atoms with E-state index in [-0.39, 0.29) is 16.1 Å². The zero-order valence-electron chi connectivity index (χ0n) is 14.5. The molecule has 2 aromatic carbocycles. The number of sulfonamides is 1. The maximum Gasteiger partial charge on any atom is 0.255 e. The lowest BCUT2D eigenvalue weighted by atomic mass is 10.2. The fourth-order valence-corrected chi connectivity index (χ4v) is 3.52. The van der Waals surface area contributed by atoms with E-state index in [0.717, 1.165) is 25.0 Å². The van der Waals surface area contributed by atoms with Gasteiger partial charge in [-0.25, -0.2) is 21.5 Å². The highest BCUT2D eigenvalue weighted by Gasteiger charge is 2.21. The third-order valence-electron chi connectivity index (χ3n) is 3.81. The molecule has 0 aliphatic rings. The molecule has 2 aromatic rings. The monoisotopic (exact) mass is 382 g/mol. The van der Waals surface area contributed by atoms with Crippen LogP contribution in [0, 0.1) is 11.6 Å². The van der Waals surface area contributed by atoms with Crippen LogP contribution in [-0.4, -0.2) is 32.2 Å². The minimum Gasteiger partial charge on any atom is -0.319 e. The number of unbranched alkanes of at least 4 members (excludes halogenated alkanes) is 1. The van der Waals surface area contributed by atoms with E-state index in [0.29, 0.717) is 12.6 Å². The number of halogens is 2. The Morgan fingerprint density at radius 1 is 1.15 bits per heavy atom. The summed E-state index contributed by atoms with van der Waals surface area (Å²) >= 11 is 0. The molecule has 0 spiro atoms. The summed E-state index contributed by atoms with van der Waals surface area (Å²) in [6.45, 7) is 2.33. The zero-order chi connectivity index (χ0) is 19.3. The summed E-state index contributed by atoms with van der Waals surface area (Å²) in [4.78, 5) is 12.3. The fourth-order valence-electron chi connectivity index (χ4n) is 2.26. The molecule has 140 valence electrons. The van der Waals surface area contributed by atoms with Crippen LogP contribution in [0.3, 0.4) is 0 Å². The summed E-state index contributed by atoms with van der Waals surface area (Å²) in [5.41, 5.74) is -0.136. The van der Waals surface area contributed by atoms with E-state index in [9.17, 15) is 22.0 Å². The number of nitrogens with one attached hydrogen (secondary N) is 1. The molecule has 0 fully saturated rings. The van der Waals surface area contributed by atoms with Gasteiger partial charge in [0.15, 0.2) is 0 Å². The number of benzene rings is 2. The third-order valence-corrected chi connectivity index (χ3v) is 5.66. The number of hydrogen-bond donors (Lipinski definition) is 1. The summed E-state index contributed by atoms with van der Waals surface area (Å²) in [6, 6.07) is 8.25. The SMILES string of the molecule is CCCCN(C)S(=O)(=O)c1cccc(C(=O)Nc2ccc(F)cc2F)c1. The van der Waals surface area contributed by atoms with Crippen molar-refractivity contribution in [3.8, 4) is 0 Å². The van der Waals surface area contributed by atoms with E-state index < -0.39 is 27.6 Å². The maximum absolute atomic E-state index is 13.7. The third kappa shape index (κ3) is 4.64. The van der Waals surface area contributed by atoms with Crippen LogP contribution in [0.1, 0.15) is 30.1 Å². The number of hydrogen-bond acceptors (Lipinski definition) is 3. The predicted octanol–water partition coefficient (Wildman–Crippen LogP) is 3.64. The first-order valence-electron chi connectivity index (χ1n) is 8.08. The Bertz CT molecular complexity index is 901. The van der Waals surface area contributed by atoms with Gasteiger partial charge >= 0.3 is 0 Å². The van der Waals surface area contributed by atoms with E-state index in [1.54, 1.807) is 0 Å². The first kappa shape index (κ1) is 20.0. The molecular formula is C18H20F2N2O3S. The van der Waals surface area contributed by atoms with Crippen LogP contribution in [0.15, 0.2) is 47.4 Å². The summed E-state index contributed by atoms with van der Waals surface area (Å²) in [7, 11) is -2.25. The molecule has 0 atom stereocenters. The molecule has 5 nitrogen and oxygen atoms in total. The molecule has 2 rings (SSSR count). The second-order valence-corrected chi connectivity index (χ2v) is 7.83. The van der Waals surface area contributed by atoms with E-state index in [1.807, 2.05) is 6.92 Å². The number of carbonyl (C=O) groups is 1. The number of amides is 1. The van der Waals surface area contributed by atoms with Crippen LogP contribution in [0.25, 0.3) is 0 Å². The van der Waals surface area contributed by atoms with Gasteiger partial charge in [-0.1, -0.05) is 19.4 Å². The highest BCUT2D eigenvalue weighted by Crippen LogP contribution is 2.19. The Labute approximate surface area is 151 Å². The number of carbonyl (C=O) groups excluding carboxylic acids is 1. The minimum atomic E-state index is -3.72. The molecule has 0 aromatic heterocycles. The van der Waals surface area contributed by atoms with Crippen LogP contribution >= 0.6 is 0 Å². The molecule has 0 heterocycles. The average Bonchev–Trinajstić information content (AvgIpc) is 2.62. The Morgan fingerprint density at radius 3 is 2.54 bits per heavy atom. The molecule has 0 aliphatic heterocycles. The van der Waals surface area contributed by atoms with E-state index in [4.69, 9.17) is 0 Å². The lowest BCUT2D eigenvalue weighted by molar-refractivity contribution is 0.102. The topological polar surface area (TPSA) is 66.5 Å². The van der Waals surface area contributed by atoms with Crippen molar-refractivity contribution >= 4 is 21.6 Å². The van der Waals surface area contributed by atoms with Gasteiger partial charge in [0, 0.05) is 25.2 Å². The van der Waals surface area contributed by atoms with Crippen molar-refractivity contribution < 1.29 is 22.0 Å². The molecule has 0 radical (unpaired) electrons. The molecule has 26 heavy (non-hydrogen) atoms. The van der Waals surface area contributed by atoms with Crippen LogP contribution in [0.4, 0.5) is 14.5 Å². The number of rotatable bonds is 7. The standard InChI is InChI=1S/C18H20F2N2O3S/c1-3-4-10-22(2)26(24,25)15-7-5-6-13(11-15)18(23)21-17-9-8-14(19)12-16(17)20/h5-9,11-12H,3-4,10H2,1-2H3,(H,21,23). The summed E-state index contributed by atoms with van der Waals surface area (Å²) in [5, 5.41) is 2.31. The molecule has 0 aliphatic carbocycles. The molecule has 0 saturated carbocycles. The Kier molecular flexibility index (Phi) is 6.44. The number of anilines is 1. The molecule has 0 bridgehead atoms. The molecule has 8 heteroatoms. The van der Waals surface area contributed by atoms with Gasteiger partial charge in [-0.05, 0) is 36.8 Å². The highest BCUT2D eigenvalue weighted by molar-refractivity contribution is 7.89. The van der Waals surface area contributed by atoms with Crippen LogP contribution in [-0.2, 0) is 10.0 Å². The van der Waals surface area contributed by atoms with Gasteiger partial charge in [0.05, 0.1) is 10.6 Å². The Balaban J connectivity index is 2.24. The van der Waals surface area contributed by atoms with Gasteiger partial charge in [0.2, 0.25) is 10.0 Å². The smallest absolute Gasteiger partial charge is 0.255 e. The van der Waals surface area contributed by atoms with Crippen LogP contribution < -0.4 is 5.32 Å². The van der Waals surface area contributed by atoms with Crippen LogP contribution in [0.2, 0.25) is 0 Å². The Morgan fingerprint density at radius 2 is 1.88 bits per heavy atom. The first-order valence-corrected chi connectivity index (χ1v) is 9.52. The van der Waals surface area contributed by atoms with Crippen molar-refractivity contribution in [2.75, 3.05) is 18.9 Å². The van der Waals surface area contributed by atoms with Crippen molar-refractivity contribution in [2.24, 2.45) is 0 Å². The van der Waals surface area contributed by atoms with E-state index in [2.05, 4.69) is 5.32 Å². The predicted molar refractivity (Wildman–Crippen MR) is 95.5 cm³/mol. The molecule has 0 unspecified atom stereocenters. The first-order chi connectivity index (χ1) is 12.3. The van der Waals surface area contributed by atoms with Gasteiger partial charge in [-0.2, -0.15) is 0 Å². The lowest BCUT2D eigenvalue weighted by Crippen LogP contribution is -2.28. The van der Waals surface area contributed by atoms with Gasteiger partial charge in [0.1, 0.15) is 11.6 Å². The molecular weight excluding hydrogens is 362 g/mol. The van der Waals surface area contributed by atoms with Gasteiger partial charge in [0.25, 0.3) is 5.91 Å². The summed E-state index contributed by atoms with van der Waals surface area (Å²) in [6.07, 6.45) is 1.57. The zero-order valence-corrected chi connectivity index (χ0v) is 15.3. The highest BCUT2D eigenvalue weighted by atomic mass is 32.2. The molecule has 1 N–H and O–H groups in total. The number of nitrogens with zero attached hydrogens (tertiary/aromatic N) is 1. The van der Waals surface area contributed by atoms with Crippen molar-refractivity contribution in [2.45, 2.75) is 24.7 Å². The van der Waals surface area contributed by atoms with Gasteiger partial charge in [-0.15, -0.1) is 0 Å². The Hall–Kier alpha value is -2.32. The van der Waals surface area contributed by atoms with Crippen molar-refractivity contribution in [1.29, 1.82) is 0 Å². The second kappa shape index (κ2) is 8.37. The normalized spacial score (nSPS) is 11.6. The average molecular weight is 382 g/mol. The van der Waals surface area contributed by atoms with Crippen molar-refractivity contribution in [3.63, 3.8) is 0 Å². The quantitative estimate of drug-likeness (QED) is 0.795. The van der Waals surface area contributed by atoms with E-state index in [1.165, 1.54) is 35.6 Å². The largest absolute Gasteiger partial charge is 0.319 e. The fraction of sp³-hybridized carbons (Fsp3) is 0.278. The van der Waals surface area contributed by atoms with Crippen LogP contribution in [0.5, 0.6) is 0 Å². The van der Waals surface area contributed by atoms with Gasteiger partial charge in [-0.3, -0.25) is 4.79 Å². The van der Waals surface area contributed by atoms with E-state index >= 15 is 0 Å². The lowest BCUT2D eigenvalue weighted by Gasteiger charge is -2.17. The van der Waals surface area contributed by atoms with Gasteiger partial charge < -0.3 is 5.32 Å². The molecule has 1 amide bonds. The van der Waals surface area contributed by atoms with Crippen molar-refractivity contribution in [3.05, 3.63) is 59.7 Å². The maximum atomic E-state index is 13.7. The second-order valence-electron chi connectivity index (χ2n) is 5.79. The minimum absolute atomic E-state index is 0.0247. The molecule has 0 saturated heterocycles. The summed E-state index contributed by atoms with van der Waals surface area (Å²) in [5.74, 6) is -2.37. The van der Waals surface area contributed by atoms with Crippen molar-refractivity contribution in [1.82, 2.24) is 4.31 Å². The summed E-state index contributed by atoms with van der Waals surface area (Å²) < 4.78 is 52.9.